The van der Waals surface area contributed by atoms with E-state index in [1.807, 2.05) is 31.2 Å². The Kier molecular flexibility index (Phi) is 4.07. The van der Waals surface area contributed by atoms with Gasteiger partial charge in [-0.2, -0.15) is 0 Å². The van der Waals surface area contributed by atoms with Crippen molar-refractivity contribution >= 4 is 11.6 Å². The van der Waals surface area contributed by atoms with Crippen LogP contribution in [0.25, 0.3) is 0 Å². The molecule has 2 rings (SSSR count). The zero-order valence-corrected chi connectivity index (χ0v) is 10.9. The molecule has 0 aromatic heterocycles. The lowest BCUT2D eigenvalue weighted by atomic mass is 10.1. The highest BCUT2D eigenvalue weighted by atomic mass is 16.5. The Balaban J connectivity index is 1.94. The van der Waals surface area contributed by atoms with Gasteiger partial charge in [-0.3, -0.25) is 4.79 Å². The van der Waals surface area contributed by atoms with Crippen molar-refractivity contribution in [3.8, 4) is 5.75 Å². The Morgan fingerprint density at radius 1 is 1.56 bits per heavy atom. The average Bonchev–Trinajstić information content (AvgIpc) is 2.38. The number of hydrogen-bond donors (Lipinski definition) is 2. The van der Waals surface area contributed by atoms with Crippen molar-refractivity contribution < 1.29 is 9.53 Å². The van der Waals surface area contributed by atoms with Crippen molar-refractivity contribution in [1.29, 1.82) is 0 Å². The number of ether oxygens (including phenoxy) is 1. The molecule has 1 aromatic carbocycles. The first-order valence-electron chi connectivity index (χ1n) is 6.50. The summed E-state index contributed by atoms with van der Waals surface area (Å²) in [7, 11) is 0. The van der Waals surface area contributed by atoms with Gasteiger partial charge in [-0.1, -0.05) is 25.5 Å². The predicted molar refractivity (Wildman–Crippen MR) is 71.9 cm³/mol. The van der Waals surface area contributed by atoms with Crippen molar-refractivity contribution in [2.75, 3.05) is 11.9 Å². The average molecular weight is 248 g/mol. The molecule has 18 heavy (non-hydrogen) atoms. The molecule has 4 nitrogen and oxygen atoms in total. The largest absolute Gasteiger partial charge is 0.477 e. The lowest BCUT2D eigenvalue weighted by molar-refractivity contribution is -0.128. The molecular weight excluding hydrogens is 228 g/mol. The normalized spacial score (nSPS) is 19.1. The fourth-order valence-electron chi connectivity index (χ4n) is 2.10. The number of benzene rings is 1. The zero-order chi connectivity index (χ0) is 13.0. The molecule has 0 fully saturated rings. The second-order valence-electron chi connectivity index (χ2n) is 4.68. The van der Waals surface area contributed by atoms with E-state index in [4.69, 9.17) is 4.74 Å². The third-order valence-corrected chi connectivity index (χ3v) is 3.04. The number of carbonyl (C=O) groups is 1. The maximum absolute atomic E-state index is 12.0. The molecule has 1 heterocycles. The molecule has 1 amide bonds. The molecule has 0 saturated carbocycles. The van der Waals surface area contributed by atoms with E-state index in [1.165, 1.54) is 0 Å². The Hall–Kier alpha value is -1.71. The molecule has 1 aliphatic rings. The Morgan fingerprint density at radius 2 is 2.33 bits per heavy atom. The summed E-state index contributed by atoms with van der Waals surface area (Å²) in [4.78, 5) is 12.0. The number of amides is 1. The van der Waals surface area contributed by atoms with Crippen LogP contribution >= 0.6 is 0 Å². The van der Waals surface area contributed by atoms with Gasteiger partial charge < -0.3 is 15.4 Å². The smallest absolute Gasteiger partial charge is 0.263 e. The van der Waals surface area contributed by atoms with Crippen LogP contribution in [0.1, 0.15) is 26.7 Å². The molecule has 0 aliphatic carbocycles. The first-order chi connectivity index (χ1) is 8.70. The predicted octanol–water partition coefficient (Wildman–Crippen LogP) is 2.16. The van der Waals surface area contributed by atoms with E-state index in [-0.39, 0.29) is 11.9 Å². The minimum absolute atomic E-state index is 0.0436. The van der Waals surface area contributed by atoms with Crippen LogP contribution in [0.4, 0.5) is 5.69 Å². The van der Waals surface area contributed by atoms with E-state index in [1.54, 1.807) is 0 Å². The monoisotopic (exact) mass is 248 g/mol. The van der Waals surface area contributed by atoms with Gasteiger partial charge in [0.1, 0.15) is 5.75 Å². The summed E-state index contributed by atoms with van der Waals surface area (Å²) in [6, 6.07) is 7.86. The molecule has 0 radical (unpaired) electrons. The van der Waals surface area contributed by atoms with E-state index in [0.717, 1.165) is 24.3 Å². The topological polar surface area (TPSA) is 50.4 Å². The Labute approximate surface area is 108 Å². The SMILES string of the molecule is CCCC(C)NC(=O)C1CNc2ccccc2O1. The number of nitrogens with one attached hydrogen (secondary N) is 2. The van der Waals surface area contributed by atoms with Gasteiger partial charge in [-0.05, 0) is 25.5 Å². The molecule has 2 atom stereocenters. The number of anilines is 1. The Bertz CT molecular complexity index is 420. The highest BCUT2D eigenvalue weighted by Crippen LogP contribution is 2.28. The quantitative estimate of drug-likeness (QED) is 0.858. The molecule has 2 unspecified atom stereocenters. The van der Waals surface area contributed by atoms with Crippen LogP contribution in [0.3, 0.4) is 0 Å². The summed E-state index contributed by atoms with van der Waals surface area (Å²) in [6.45, 7) is 4.64. The van der Waals surface area contributed by atoms with Crippen molar-refractivity contribution in [2.45, 2.75) is 38.8 Å². The second-order valence-corrected chi connectivity index (χ2v) is 4.68. The van der Waals surface area contributed by atoms with E-state index in [2.05, 4.69) is 17.6 Å². The molecule has 4 heteroatoms. The number of hydrogen-bond acceptors (Lipinski definition) is 3. The van der Waals surface area contributed by atoms with Gasteiger partial charge in [0.2, 0.25) is 0 Å². The van der Waals surface area contributed by atoms with Crippen LogP contribution in [-0.2, 0) is 4.79 Å². The molecule has 1 aliphatic heterocycles. The van der Waals surface area contributed by atoms with Crippen molar-refractivity contribution in [3.05, 3.63) is 24.3 Å². The third-order valence-electron chi connectivity index (χ3n) is 3.04. The van der Waals surface area contributed by atoms with Gasteiger partial charge in [0.05, 0.1) is 12.2 Å². The summed E-state index contributed by atoms with van der Waals surface area (Å²) in [5.74, 6) is 0.699. The highest BCUT2D eigenvalue weighted by molar-refractivity contribution is 5.83. The third kappa shape index (κ3) is 2.94. The summed E-state index contributed by atoms with van der Waals surface area (Å²) in [5, 5.41) is 6.19. The first-order valence-corrected chi connectivity index (χ1v) is 6.50. The number of fused-ring (bicyclic) bond motifs is 1. The summed E-state index contributed by atoms with van der Waals surface area (Å²) >= 11 is 0. The van der Waals surface area contributed by atoms with E-state index >= 15 is 0 Å². The fourth-order valence-corrected chi connectivity index (χ4v) is 2.10. The molecule has 0 saturated heterocycles. The van der Waals surface area contributed by atoms with Crippen molar-refractivity contribution in [1.82, 2.24) is 5.32 Å². The van der Waals surface area contributed by atoms with E-state index in [0.29, 0.717) is 6.54 Å². The van der Waals surface area contributed by atoms with Gasteiger partial charge in [-0.25, -0.2) is 0 Å². The Morgan fingerprint density at radius 3 is 3.11 bits per heavy atom. The first kappa shape index (κ1) is 12.7. The number of carbonyl (C=O) groups excluding carboxylic acids is 1. The highest BCUT2D eigenvalue weighted by Gasteiger charge is 2.26. The maximum atomic E-state index is 12.0. The molecular formula is C14H20N2O2. The molecule has 0 spiro atoms. The number of para-hydroxylation sites is 2. The maximum Gasteiger partial charge on any atom is 0.263 e. The molecule has 98 valence electrons. The van der Waals surface area contributed by atoms with Crippen molar-refractivity contribution in [2.24, 2.45) is 0 Å². The van der Waals surface area contributed by atoms with Gasteiger partial charge in [0.25, 0.3) is 5.91 Å². The standard InChI is InChI=1S/C14H20N2O2/c1-3-6-10(2)16-14(17)13-9-15-11-7-4-5-8-12(11)18-13/h4-5,7-8,10,13,15H,3,6,9H2,1-2H3,(H,16,17). The van der Waals surface area contributed by atoms with Gasteiger partial charge in [-0.15, -0.1) is 0 Å². The van der Waals surface area contributed by atoms with E-state index in [9.17, 15) is 4.79 Å². The van der Waals surface area contributed by atoms with Crippen LogP contribution < -0.4 is 15.4 Å². The van der Waals surface area contributed by atoms with Crippen LogP contribution in [0, 0.1) is 0 Å². The lowest BCUT2D eigenvalue weighted by Crippen LogP contribution is -2.47. The molecule has 0 bridgehead atoms. The minimum Gasteiger partial charge on any atom is -0.477 e. The second kappa shape index (κ2) is 5.76. The number of rotatable bonds is 4. The van der Waals surface area contributed by atoms with Gasteiger partial charge in [0.15, 0.2) is 6.10 Å². The fraction of sp³-hybridized carbons (Fsp3) is 0.500. The van der Waals surface area contributed by atoms with Gasteiger partial charge in [0, 0.05) is 6.04 Å². The minimum atomic E-state index is -0.445. The summed E-state index contributed by atoms with van der Waals surface area (Å²) in [6.07, 6.45) is 1.61. The summed E-state index contributed by atoms with van der Waals surface area (Å²) < 4.78 is 5.70. The zero-order valence-electron chi connectivity index (χ0n) is 10.9. The van der Waals surface area contributed by atoms with Crippen molar-refractivity contribution in [3.63, 3.8) is 0 Å². The van der Waals surface area contributed by atoms with Crippen LogP contribution in [0.2, 0.25) is 0 Å². The van der Waals surface area contributed by atoms with E-state index < -0.39 is 6.10 Å². The molecule has 1 aromatic rings. The van der Waals surface area contributed by atoms with Gasteiger partial charge >= 0.3 is 0 Å². The van der Waals surface area contributed by atoms with Crippen LogP contribution in [0.5, 0.6) is 5.75 Å². The van der Waals surface area contributed by atoms with Crippen LogP contribution in [-0.4, -0.2) is 24.6 Å². The molecule has 2 N–H and O–H groups in total. The summed E-state index contributed by atoms with van der Waals surface area (Å²) in [5.41, 5.74) is 0.947. The lowest BCUT2D eigenvalue weighted by Gasteiger charge is -2.27. The van der Waals surface area contributed by atoms with Crippen LogP contribution in [0.15, 0.2) is 24.3 Å².